The summed E-state index contributed by atoms with van der Waals surface area (Å²) in [6.45, 7) is 5.33. The number of allylic oxidation sites excluding steroid dienone is 4. The highest BCUT2D eigenvalue weighted by molar-refractivity contribution is 6.08. The molecular weight excluding hydrogens is 152 g/mol. The summed E-state index contributed by atoms with van der Waals surface area (Å²) in [5, 5.41) is 0. The van der Waals surface area contributed by atoms with Gasteiger partial charge in [0.15, 0.2) is 11.6 Å². The molecule has 0 N–H and O–H groups in total. The van der Waals surface area contributed by atoms with E-state index in [1.54, 1.807) is 6.08 Å². The smallest absolute Gasteiger partial charge is 0.178 e. The van der Waals surface area contributed by atoms with Gasteiger partial charge in [0.1, 0.15) is 0 Å². The molecule has 1 aliphatic rings. The molecule has 1 aliphatic carbocycles. The topological polar surface area (TPSA) is 34.1 Å². The van der Waals surface area contributed by atoms with Crippen molar-refractivity contribution >= 4 is 11.6 Å². The summed E-state index contributed by atoms with van der Waals surface area (Å²) in [6, 6.07) is 0. The van der Waals surface area contributed by atoms with Crippen LogP contribution in [0.2, 0.25) is 0 Å². The summed E-state index contributed by atoms with van der Waals surface area (Å²) in [6.07, 6.45) is 4.70. The molecule has 2 heteroatoms. The Morgan fingerprint density at radius 3 is 2.42 bits per heavy atom. The molecule has 2 nitrogen and oxygen atoms in total. The van der Waals surface area contributed by atoms with Crippen molar-refractivity contribution < 1.29 is 9.59 Å². The SMILES string of the molecule is CC(=O)C1=CC(=O)C=CC1(C)C. The first kappa shape index (κ1) is 8.91. The molecule has 0 heterocycles. The molecule has 0 fully saturated rings. The second kappa shape index (κ2) is 2.70. The van der Waals surface area contributed by atoms with Gasteiger partial charge in [-0.2, -0.15) is 0 Å². The van der Waals surface area contributed by atoms with Gasteiger partial charge in [-0.25, -0.2) is 0 Å². The Balaban J connectivity index is 3.10. The van der Waals surface area contributed by atoms with Crippen LogP contribution in [-0.2, 0) is 9.59 Å². The van der Waals surface area contributed by atoms with Crippen LogP contribution in [0.1, 0.15) is 20.8 Å². The number of hydrogen-bond donors (Lipinski definition) is 0. The van der Waals surface area contributed by atoms with Gasteiger partial charge in [-0.1, -0.05) is 19.9 Å². The van der Waals surface area contributed by atoms with Gasteiger partial charge in [-0.15, -0.1) is 0 Å². The fourth-order valence-electron chi connectivity index (χ4n) is 1.31. The first-order valence-electron chi connectivity index (χ1n) is 3.90. The highest BCUT2D eigenvalue weighted by Crippen LogP contribution is 2.31. The minimum Gasteiger partial charge on any atom is -0.295 e. The maximum atomic E-state index is 11.1. The molecule has 0 radical (unpaired) electrons. The molecule has 0 unspecified atom stereocenters. The Kier molecular flexibility index (Phi) is 2.01. The van der Waals surface area contributed by atoms with Crippen LogP contribution in [0, 0.1) is 5.41 Å². The minimum absolute atomic E-state index is 0.0299. The Labute approximate surface area is 72.0 Å². The van der Waals surface area contributed by atoms with Gasteiger partial charge >= 0.3 is 0 Å². The number of carbonyl (C=O) groups excluding carboxylic acids is 2. The molecule has 1 rings (SSSR count). The van der Waals surface area contributed by atoms with E-state index in [1.165, 1.54) is 19.1 Å². The summed E-state index contributed by atoms with van der Waals surface area (Å²) in [7, 11) is 0. The van der Waals surface area contributed by atoms with Crippen LogP contribution in [0.5, 0.6) is 0 Å². The van der Waals surface area contributed by atoms with E-state index in [0.29, 0.717) is 5.57 Å². The first-order valence-corrected chi connectivity index (χ1v) is 3.90. The third-order valence-corrected chi connectivity index (χ3v) is 2.02. The Morgan fingerprint density at radius 2 is 2.00 bits per heavy atom. The second-order valence-electron chi connectivity index (χ2n) is 3.57. The van der Waals surface area contributed by atoms with Crippen molar-refractivity contribution in [2.75, 3.05) is 0 Å². The van der Waals surface area contributed by atoms with Gasteiger partial charge in [0.05, 0.1) is 0 Å². The van der Waals surface area contributed by atoms with Crippen LogP contribution in [0.4, 0.5) is 0 Å². The molecule has 0 aliphatic heterocycles. The number of ketones is 2. The molecule has 0 spiro atoms. The van der Waals surface area contributed by atoms with Crippen molar-refractivity contribution in [2.45, 2.75) is 20.8 Å². The lowest BCUT2D eigenvalue weighted by Crippen LogP contribution is -2.21. The van der Waals surface area contributed by atoms with Crippen molar-refractivity contribution in [3.63, 3.8) is 0 Å². The van der Waals surface area contributed by atoms with Crippen molar-refractivity contribution in [3.05, 3.63) is 23.8 Å². The molecule has 0 atom stereocenters. The number of hydrogen-bond acceptors (Lipinski definition) is 2. The predicted molar refractivity (Wildman–Crippen MR) is 46.7 cm³/mol. The molecule has 64 valence electrons. The maximum absolute atomic E-state index is 11.1. The Hall–Kier alpha value is -1.18. The van der Waals surface area contributed by atoms with E-state index >= 15 is 0 Å². The van der Waals surface area contributed by atoms with Crippen LogP contribution in [0.15, 0.2) is 23.8 Å². The second-order valence-corrected chi connectivity index (χ2v) is 3.57. The van der Waals surface area contributed by atoms with Gasteiger partial charge in [-0.05, 0) is 19.1 Å². The molecule has 0 aromatic rings. The molecule has 0 aromatic heterocycles. The molecule has 0 amide bonds. The summed E-state index contributed by atoms with van der Waals surface area (Å²) in [4.78, 5) is 22.1. The summed E-state index contributed by atoms with van der Waals surface area (Å²) in [5.74, 6) is -0.128. The summed E-state index contributed by atoms with van der Waals surface area (Å²) < 4.78 is 0. The Bertz CT molecular complexity index is 293. The maximum Gasteiger partial charge on any atom is 0.178 e. The fraction of sp³-hybridized carbons (Fsp3) is 0.400. The molecule has 0 saturated heterocycles. The van der Waals surface area contributed by atoms with Gasteiger partial charge in [-0.3, -0.25) is 9.59 Å². The van der Waals surface area contributed by atoms with Crippen LogP contribution in [0.25, 0.3) is 0 Å². The lowest BCUT2D eigenvalue weighted by molar-refractivity contribution is -0.115. The van der Waals surface area contributed by atoms with Crippen molar-refractivity contribution in [1.29, 1.82) is 0 Å². The number of carbonyl (C=O) groups is 2. The van der Waals surface area contributed by atoms with Gasteiger partial charge in [0.2, 0.25) is 0 Å². The predicted octanol–water partition coefficient (Wildman–Crippen LogP) is 1.67. The average Bonchev–Trinajstić information content (AvgIpc) is 1.94. The third kappa shape index (κ3) is 1.52. The third-order valence-electron chi connectivity index (χ3n) is 2.02. The molecule has 0 saturated carbocycles. The van der Waals surface area contributed by atoms with E-state index < -0.39 is 0 Å². The zero-order chi connectivity index (χ0) is 9.35. The molecular formula is C10H12O2. The molecule has 0 aromatic carbocycles. The van der Waals surface area contributed by atoms with Crippen molar-refractivity contribution in [3.8, 4) is 0 Å². The Morgan fingerprint density at radius 1 is 1.42 bits per heavy atom. The van der Waals surface area contributed by atoms with E-state index in [9.17, 15) is 9.59 Å². The number of rotatable bonds is 1. The molecule has 0 bridgehead atoms. The van der Waals surface area contributed by atoms with Crippen LogP contribution >= 0.6 is 0 Å². The normalized spacial score (nSPS) is 20.6. The van der Waals surface area contributed by atoms with Crippen LogP contribution in [0.3, 0.4) is 0 Å². The zero-order valence-corrected chi connectivity index (χ0v) is 7.55. The monoisotopic (exact) mass is 164 g/mol. The van der Waals surface area contributed by atoms with E-state index in [4.69, 9.17) is 0 Å². The highest BCUT2D eigenvalue weighted by Gasteiger charge is 2.26. The van der Waals surface area contributed by atoms with Gasteiger partial charge in [0.25, 0.3) is 0 Å². The van der Waals surface area contributed by atoms with E-state index in [1.807, 2.05) is 13.8 Å². The zero-order valence-electron chi connectivity index (χ0n) is 7.55. The molecule has 12 heavy (non-hydrogen) atoms. The van der Waals surface area contributed by atoms with E-state index in [0.717, 1.165) is 0 Å². The quantitative estimate of drug-likeness (QED) is 0.590. The largest absolute Gasteiger partial charge is 0.295 e. The van der Waals surface area contributed by atoms with Crippen molar-refractivity contribution in [1.82, 2.24) is 0 Å². The fourth-order valence-corrected chi connectivity index (χ4v) is 1.31. The summed E-state index contributed by atoms with van der Waals surface area (Å²) >= 11 is 0. The van der Waals surface area contributed by atoms with Crippen molar-refractivity contribution in [2.24, 2.45) is 5.41 Å². The lowest BCUT2D eigenvalue weighted by Gasteiger charge is -2.24. The van der Waals surface area contributed by atoms with Crippen LogP contribution in [-0.4, -0.2) is 11.6 Å². The van der Waals surface area contributed by atoms with E-state index in [2.05, 4.69) is 0 Å². The van der Waals surface area contributed by atoms with E-state index in [-0.39, 0.29) is 17.0 Å². The lowest BCUT2D eigenvalue weighted by atomic mass is 9.78. The number of Topliss-reactive ketones (excluding diaryl/α,β-unsaturated/α-hetero) is 1. The minimum atomic E-state index is -0.292. The standard InChI is InChI=1S/C10H12O2/c1-7(11)9-6-8(12)4-5-10(9,2)3/h4-6H,1-3H3. The van der Waals surface area contributed by atoms with Crippen LogP contribution < -0.4 is 0 Å². The first-order chi connectivity index (χ1) is 5.43. The van der Waals surface area contributed by atoms with Gasteiger partial charge in [0, 0.05) is 11.0 Å². The highest BCUT2D eigenvalue weighted by atomic mass is 16.1. The summed E-state index contributed by atoms with van der Waals surface area (Å²) in [5.41, 5.74) is 0.301. The van der Waals surface area contributed by atoms with Gasteiger partial charge < -0.3 is 0 Å². The average molecular weight is 164 g/mol.